The van der Waals surface area contributed by atoms with Crippen LogP contribution in [0.2, 0.25) is 0 Å². The van der Waals surface area contributed by atoms with Gasteiger partial charge >= 0.3 is 12.0 Å². The molecule has 1 fully saturated rings. The van der Waals surface area contributed by atoms with Gasteiger partial charge in [0.15, 0.2) is 0 Å². The molecule has 0 aromatic heterocycles. The molecule has 0 aromatic rings. The summed E-state index contributed by atoms with van der Waals surface area (Å²) in [6.07, 6.45) is 3.92. The van der Waals surface area contributed by atoms with E-state index in [4.69, 9.17) is 5.11 Å². The Balaban J connectivity index is 2.38. The van der Waals surface area contributed by atoms with E-state index in [0.717, 1.165) is 25.7 Å². The van der Waals surface area contributed by atoms with E-state index in [9.17, 15) is 14.4 Å². The zero-order chi connectivity index (χ0) is 15.1. The number of carboxylic acids is 1. The first kappa shape index (κ1) is 16.5. The van der Waals surface area contributed by atoms with Gasteiger partial charge in [-0.1, -0.05) is 20.3 Å². The second-order valence-electron chi connectivity index (χ2n) is 5.54. The zero-order valence-electron chi connectivity index (χ0n) is 12.2. The van der Waals surface area contributed by atoms with E-state index in [0.29, 0.717) is 6.54 Å². The highest BCUT2D eigenvalue weighted by Crippen LogP contribution is 2.27. The van der Waals surface area contributed by atoms with Crippen molar-refractivity contribution in [2.45, 2.75) is 58.4 Å². The maximum atomic E-state index is 12.0. The van der Waals surface area contributed by atoms with Gasteiger partial charge in [0, 0.05) is 25.4 Å². The largest absolute Gasteiger partial charge is 0.481 e. The highest BCUT2D eigenvalue weighted by atomic mass is 16.4. The molecule has 1 unspecified atom stereocenters. The summed E-state index contributed by atoms with van der Waals surface area (Å²) in [7, 11) is 0. The SMILES string of the molecule is CCCCN(C(=O)NC(=O)CC(C)CC(=O)O)C1CC1. The molecule has 0 bridgehead atoms. The number of carbonyl (C=O) groups is 3. The Morgan fingerprint density at radius 1 is 1.30 bits per heavy atom. The topological polar surface area (TPSA) is 86.7 Å². The summed E-state index contributed by atoms with van der Waals surface area (Å²) < 4.78 is 0. The maximum Gasteiger partial charge on any atom is 0.324 e. The van der Waals surface area contributed by atoms with Crippen LogP contribution >= 0.6 is 0 Å². The number of hydrogen-bond donors (Lipinski definition) is 2. The molecule has 0 aliphatic heterocycles. The number of aliphatic carboxylic acids is 1. The second-order valence-corrected chi connectivity index (χ2v) is 5.54. The third-order valence-electron chi connectivity index (χ3n) is 3.30. The fraction of sp³-hybridized carbons (Fsp3) is 0.786. The summed E-state index contributed by atoms with van der Waals surface area (Å²) in [5.41, 5.74) is 0. The normalized spacial score (nSPS) is 15.5. The lowest BCUT2D eigenvalue weighted by Gasteiger charge is -2.22. The van der Waals surface area contributed by atoms with Crippen molar-refractivity contribution in [3.05, 3.63) is 0 Å². The number of rotatable bonds is 8. The van der Waals surface area contributed by atoms with Gasteiger partial charge in [0.25, 0.3) is 0 Å². The summed E-state index contributed by atoms with van der Waals surface area (Å²) in [5, 5.41) is 11.0. The first-order valence-electron chi connectivity index (χ1n) is 7.26. The third-order valence-corrected chi connectivity index (χ3v) is 3.30. The summed E-state index contributed by atoms with van der Waals surface area (Å²) in [4.78, 5) is 36.0. The number of hydrogen-bond acceptors (Lipinski definition) is 3. The van der Waals surface area contributed by atoms with Gasteiger partial charge in [-0.2, -0.15) is 0 Å². The number of nitrogens with zero attached hydrogens (tertiary/aromatic N) is 1. The van der Waals surface area contributed by atoms with Gasteiger partial charge in [0.1, 0.15) is 0 Å². The van der Waals surface area contributed by atoms with Gasteiger partial charge in [-0.05, 0) is 25.2 Å². The second kappa shape index (κ2) is 7.87. The first-order valence-corrected chi connectivity index (χ1v) is 7.26. The number of nitrogens with one attached hydrogen (secondary N) is 1. The van der Waals surface area contributed by atoms with Crippen molar-refractivity contribution in [2.75, 3.05) is 6.54 Å². The average molecular weight is 284 g/mol. The number of unbranched alkanes of at least 4 members (excludes halogenated alkanes) is 1. The molecule has 20 heavy (non-hydrogen) atoms. The van der Waals surface area contributed by atoms with Crippen molar-refractivity contribution >= 4 is 17.9 Å². The molecule has 2 N–H and O–H groups in total. The van der Waals surface area contributed by atoms with Gasteiger partial charge in [-0.25, -0.2) is 4.79 Å². The monoisotopic (exact) mass is 284 g/mol. The molecule has 1 rings (SSSR count). The van der Waals surface area contributed by atoms with Crippen LogP contribution in [0, 0.1) is 5.92 Å². The molecule has 0 spiro atoms. The lowest BCUT2D eigenvalue weighted by atomic mass is 10.0. The Bertz CT molecular complexity index is 366. The fourth-order valence-corrected chi connectivity index (χ4v) is 2.09. The van der Waals surface area contributed by atoms with Crippen LogP contribution in [0.4, 0.5) is 4.79 Å². The zero-order valence-corrected chi connectivity index (χ0v) is 12.2. The molecule has 1 saturated carbocycles. The predicted octanol–water partition coefficient (Wildman–Crippen LogP) is 1.99. The minimum Gasteiger partial charge on any atom is -0.481 e. The van der Waals surface area contributed by atoms with Crippen LogP contribution in [0.15, 0.2) is 0 Å². The van der Waals surface area contributed by atoms with Gasteiger partial charge in [-0.15, -0.1) is 0 Å². The molecule has 0 saturated heterocycles. The molecule has 1 atom stereocenters. The minimum atomic E-state index is -0.931. The molecule has 0 radical (unpaired) electrons. The molecular weight excluding hydrogens is 260 g/mol. The molecule has 6 heteroatoms. The lowest BCUT2D eigenvalue weighted by Crippen LogP contribution is -2.44. The Morgan fingerprint density at radius 2 is 1.95 bits per heavy atom. The highest BCUT2D eigenvalue weighted by Gasteiger charge is 2.32. The van der Waals surface area contributed by atoms with Crippen molar-refractivity contribution < 1.29 is 19.5 Å². The van der Waals surface area contributed by atoms with Crippen LogP contribution in [0.3, 0.4) is 0 Å². The van der Waals surface area contributed by atoms with Gasteiger partial charge < -0.3 is 10.0 Å². The van der Waals surface area contributed by atoms with Crippen molar-refractivity contribution in [1.29, 1.82) is 0 Å². The standard InChI is InChI=1S/C14H24N2O4/c1-3-4-7-16(11-5-6-11)14(20)15-12(17)8-10(2)9-13(18)19/h10-11H,3-9H2,1-2H3,(H,18,19)(H,15,17,20). The lowest BCUT2D eigenvalue weighted by molar-refractivity contribution is -0.138. The van der Waals surface area contributed by atoms with Crippen molar-refractivity contribution in [1.82, 2.24) is 10.2 Å². The Labute approximate surface area is 119 Å². The van der Waals surface area contributed by atoms with Crippen LogP contribution in [-0.4, -0.2) is 40.5 Å². The highest BCUT2D eigenvalue weighted by molar-refractivity contribution is 5.94. The molecular formula is C14H24N2O4. The molecule has 0 aromatic carbocycles. The van der Waals surface area contributed by atoms with E-state index in [-0.39, 0.29) is 30.8 Å². The van der Waals surface area contributed by atoms with E-state index < -0.39 is 11.9 Å². The van der Waals surface area contributed by atoms with Crippen LogP contribution in [0.5, 0.6) is 0 Å². The van der Waals surface area contributed by atoms with E-state index in [1.54, 1.807) is 11.8 Å². The molecule has 114 valence electrons. The fourth-order valence-electron chi connectivity index (χ4n) is 2.09. The number of carbonyl (C=O) groups excluding carboxylic acids is 2. The molecule has 6 nitrogen and oxygen atoms in total. The van der Waals surface area contributed by atoms with Gasteiger partial charge in [0.2, 0.25) is 5.91 Å². The summed E-state index contributed by atoms with van der Waals surface area (Å²) in [5.74, 6) is -1.60. The quantitative estimate of drug-likeness (QED) is 0.713. The van der Waals surface area contributed by atoms with E-state index in [2.05, 4.69) is 12.2 Å². The van der Waals surface area contributed by atoms with Crippen LogP contribution < -0.4 is 5.32 Å². The van der Waals surface area contributed by atoms with Crippen LogP contribution in [0.1, 0.15) is 52.4 Å². The summed E-state index contributed by atoms with van der Waals surface area (Å²) in [6, 6.07) is -0.0701. The molecule has 0 heterocycles. The maximum absolute atomic E-state index is 12.0. The summed E-state index contributed by atoms with van der Waals surface area (Å²) in [6.45, 7) is 4.42. The molecule has 1 aliphatic rings. The van der Waals surface area contributed by atoms with Gasteiger partial charge in [0.05, 0.1) is 0 Å². The Kier molecular flexibility index (Phi) is 6.48. The minimum absolute atomic E-state index is 0.0598. The number of amides is 3. The van der Waals surface area contributed by atoms with E-state index >= 15 is 0 Å². The Hall–Kier alpha value is -1.59. The van der Waals surface area contributed by atoms with E-state index in [1.165, 1.54) is 0 Å². The van der Waals surface area contributed by atoms with Gasteiger partial charge in [-0.3, -0.25) is 14.9 Å². The number of carboxylic acid groups (broad SMARTS) is 1. The van der Waals surface area contributed by atoms with E-state index in [1.807, 2.05) is 0 Å². The summed E-state index contributed by atoms with van der Waals surface area (Å²) >= 11 is 0. The van der Waals surface area contributed by atoms with Crippen LogP contribution in [0.25, 0.3) is 0 Å². The van der Waals surface area contributed by atoms with Crippen molar-refractivity contribution in [3.63, 3.8) is 0 Å². The first-order chi connectivity index (χ1) is 9.43. The number of urea groups is 1. The number of imide groups is 1. The van der Waals surface area contributed by atoms with Crippen LogP contribution in [-0.2, 0) is 9.59 Å². The Morgan fingerprint density at radius 3 is 2.45 bits per heavy atom. The van der Waals surface area contributed by atoms with Crippen molar-refractivity contribution in [2.24, 2.45) is 5.92 Å². The average Bonchev–Trinajstić information content (AvgIpc) is 3.12. The predicted molar refractivity (Wildman–Crippen MR) is 74.2 cm³/mol. The smallest absolute Gasteiger partial charge is 0.324 e. The molecule has 1 aliphatic carbocycles. The van der Waals surface area contributed by atoms with Crippen molar-refractivity contribution in [3.8, 4) is 0 Å². The molecule has 3 amide bonds. The third kappa shape index (κ3) is 6.04.